The van der Waals surface area contributed by atoms with Crippen LogP contribution >= 0.6 is 27.3 Å². The molecule has 0 saturated carbocycles. The van der Waals surface area contributed by atoms with Crippen LogP contribution in [0.3, 0.4) is 0 Å². The van der Waals surface area contributed by atoms with Crippen LogP contribution < -0.4 is 10.1 Å². The van der Waals surface area contributed by atoms with E-state index in [-0.39, 0.29) is 0 Å². The molecule has 6 heteroatoms. The summed E-state index contributed by atoms with van der Waals surface area (Å²) >= 11 is 4.87. The molecule has 1 aromatic carbocycles. The first-order valence-corrected chi connectivity index (χ1v) is 7.51. The SMILES string of the molecule is COc1ccc(NC(C(=O)O)c2cc(Br)c(C)s2)cc1. The molecule has 4 nitrogen and oxygen atoms in total. The maximum Gasteiger partial charge on any atom is 0.331 e. The Morgan fingerprint density at radius 1 is 1.40 bits per heavy atom. The molecule has 0 radical (unpaired) electrons. The van der Waals surface area contributed by atoms with Gasteiger partial charge in [0.25, 0.3) is 0 Å². The lowest BCUT2D eigenvalue weighted by atomic mass is 10.2. The minimum absolute atomic E-state index is 0.733. The zero-order chi connectivity index (χ0) is 14.7. The first-order valence-electron chi connectivity index (χ1n) is 5.90. The zero-order valence-electron chi connectivity index (χ0n) is 11.0. The Labute approximate surface area is 129 Å². The summed E-state index contributed by atoms with van der Waals surface area (Å²) in [5, 5.41) is 12.4. The summed E-state index contributed by atoms with van der Waals surface area (Å²) in [6.07, 6.45) is 0. The first kappa shape index (κ1) is 14.9. The fourth-order valence-electron chi connectivity index (χ4n) is 1.73. The topological polar surface area (TPSA) is 58.6 Å². The second kappa shape index (κ2) is 6.28. The number of benzene rings is 1. The molecular formula is C14H14BrNO3S. The second-order valence-corrected chi connectivity index (χ2v) is 6.34. The lowest BCUT2D eigenvalue weighted by Gasteiger charge is -2.14. The van der Waals surface area contributed by atoms with Crippen molar-refractivity contribution in [3.8, 4) is 5.75 Å². The van der Waals surface area contributed by atoms with Crippen LogP contribution in [0.4, 0.5) is 5.69 Å². The van der Waals surface area contributed by atoms with E-state index in [0.717, 1.165) is 25.7 Å². The molecule has 1 unspecified atom stereocenters. The van der Waals surface area contributed by atoms with Gasteiger partial charge in [0.2, 0.25) is 0 Å². The van der Waals surface area contributed by atoms with E-state index in [0.29, 0.717) is 0 Å². The van der Waals surface area contributed by atoms with Crippen LogP contribution in [0, 0.1) is 6.92 Å². The van der Waals surface area contributed by atoms with Gasteiger partial charge in [0, 0.05) is 19.9 Å². The van der Waals surface area contributed by atoms with E-state index in [2.05, 4.69) is 21.2 Å². The molecule has 0 aliphatic carbocycles. The quantitative estimate of drug-likeness (QED) is 0.848. The fraction of sp³-hybridized carbons (Fsp3) is 0.214. The number of rotatable bonds is 5. The number of hydrogen-bond acceptors (Lipinski definition) is 4. The van der Waals surface area contributed by atoms with Gasteiger partial charge in [-0.1, -0.05) is 0 Å². The summed E-state index contributed by atoms with van der Waals surface area (Å²) in [7, 11) is 1.59. The van der Waals surface area contributed by atoms with Gasteiger partial charge in [-0.3, -0.25) is 0 Å². The third-order valence-corrected chi connectivity index (χ3v) is 5.01. The summed E-state index contributed by atoms with van der Waals surface area (Å²) < 4.78 is 6.01. The largest absolute Gasteiger partial charge is 0.497 e. The molecule has 2 N–H and O–H groups in total. The van der Waals surface area contributed by atoms with Gasteiger partial charge in [-0.2, -0.15) is 0 Å². The van der Waals surface area contributed by atoms with Gasteiger partial charge in [-0.05, 0) is 53.2 Å². The van der Waals surface area contributed by atoms with E-state index in [1.54, 1.807) is 31.4 Å². The molecule has 0 saturated heterocycles. The number of hydrogen-bond donors (Lipinski definition) is 2. The Kier molecular flexibility index (Phi) is 4.67. The van der Waals surface area contributed by atoms with Gasteiger partial charge >= 0.3 is 5.97 Å². The number of nitrogens with one attached hydrogen (secondary N) is 1. The average molecular weight is 356 g/mol. The van der Waals surface area contributed by atoms with Crippen LogP contribution in [0.25, 0.3) is 0 Å². The van der Waals surface area contributed by atoms with Gasteiger partial charge in [-0.15, -0.1) is 11.3 Å². The Morgan fingerprint density at radius 2 is 2.05 bits per heavy atom. The Bertz CT molecular complexity index is 590. The highest BCUT2D eigenvalue weighted by Gasteiger charge is 2.22. The van der Waals surface area contributed by atoms with Gasteiger partial charge in [0.1, 0.15) is 5.75 Å². The van der Waals surface area contributed by atoms with Gasteiger partial charge < -0.3 is 15.2 Å². The van der Waals surface area contributed by atoms with E-state index < -0.39 is 12.0 Å². The number of carboxylic acids is 1. The van der Waals surface area contributed by atoms with Crippen molar-refractivity contribution in [3.63, 3.8) is 0 Å². The molecule has 2 rings (SSSR count). The summed E-state index contributed by atoms with van der Waals surface area (Å²) in [6, 6.07) is 8.25. The van der Waals surface area contributed by atoms with E-state index in [9.17, 15) is 9.90 Å². The van der Waals surface area contributed by atoms with Crippen molar-refractivity contribution in [2.75, 3.05) is 12.4 Å². The highest BCUT2D eigenvalue weighted by atomic mass is 79.9. The van der Waals surface area contributed by atoms with Gasteiger partial charge in [0.05, 0.1) is 7.11 Å². The lowest BCUT2D eigenvalue weighted by molar-refractivity contribution is -0.138. The highest BCUT2D eigenvalue weighted by molar-refractivity contribution is 9.10. The number of carbonyl (C=O) groups is 1. The molecule has 0 bridgehead atoms. The summed E-state index contributed by atoms with van der Waals surface area (Å²) in [4.78, 5) is 13.3. The van der Waals surface area contributed by atoms with E-state index >= 15 is 0 Å². The number of ether oxygens (including phenoxy) is 1. The van der Waals surface area contributed by atoms with Crippen molar-refractivity contribution in [2.24, 2.45) is 0 Å². The normalized spacial score (nSPS) is 11.9. The number of methoxy groups -OCH3 is 1. The molecule has 0 fully saturated rings. The standard InChI is InChI=1S/C14H14BrNO3S/c1-8-11(15)7-12(20-8)13(14(17)18)16-9-3-5-10(19-2)6-4-9/h3-7,13,16H,1-2H3,(H,17,18). The molecule has 20 heavy (non-hydrogen) atoms. The van der Waals surface area contributed by atoms with Crippen LogP contribution in [-0.4, -0.2) is 18.2 Å². The number of carboxylic acid groups (broad SMARTS) is 1. The zero-order valence-corrected chi connectivity index (χ0v) is 13.4. The predicted octanol–water partition coefficient (Wildman–Crippen LogP) is 4.07. The Balaban J connectivity index is 2.23. The van der Waals surface area contributed by atoms with Crippen LogP contribution in [0.5, 0.6) is 5.75 Å². The minimum atomic E-state index is -0.908. The molecule has 0 amide bonds. The lowest BCUT2D eigenvalue weighted by Crippen LogP contribution is -2.19. The maximum absolute atomic E-state index is 11.5. The molecule has 0 aliphatic rings. The van der Waals surface area contributed by atoms with E-state index in [1.807, 2.05) is 13.0 Å². The molecule has 106 valence electrons. The Morgan fingerprint density at radius 3 is 2.50 bits per heavy atom. The molecular weight excluding hydrogens is 342 g/mol. The third kappa shape index (κ3) is 3.32. The maximum atomic E-state index is 11.5. The molecule has 0 spiro atoms. The second-order valence-electron chi connectivity index (χ2n) is 4.20. The van der Waals surface area contributed by atoms with Gasteiger partial charge in [0.15, 0.2) is 6.04 Å². The number of aliphatic carboxylic acids is 1. The van der Waals surface area contributed by atoms with E-state index in [4.69, 9.17) is 4.74 Å². The minimum Gasteiger partial charge on any atom is -0.497 e. The van der Waals surface area contributed by atoms with Crippen molar-refractivity contribution < 1.29 is 14.6 Å². The first-order chi connectivity index (χ1) is 9.51. The van der Waals surface area contributed by atoms with Crippen molar-refractivity contribution >= 4 is 38.9 Å². The third-order valence-electron chi connectivity index (χ3n) is 2.81. The predicted molar refractivity (Wildman–Crippen MR) is 83.7 cm³/mol. The number of halogens is 1. The molecule has 1 aromatic heterocycles. The monoisotopic (exact) mass is 355 g/mol. The number of thiophene rings is 1. The smallest absolute Gasteiger partial charge is 0.331 e. The Hall–Kier alpha value is -1.53. The summed E-state index contributed by atoms with van der Waals surface area (Å²) in [5.74, 6) is -0.174. The molecule has 2 aromatic rings. The molecule has 0 aliphatic heterocycles. The number of aryl methyl sites for hydroxylation is 1. The highest BCUT2D eigenvalue weighted by Crippen LogP contribution is 2.32. The van der Waals surface area contributed by atoms with Crippen LogP contribution in [-0.2, 0) is 4.79 Å². The average Bonchev–Trinajstić information content (AvgIpc) is 2.76. The van der Waals surface area contributed by atoms with Gasteiger partial charge in [-0.25, -0.2) is 4.79 Å². The van der Waals surface area contributed by atoms with E-state index in [1.165, 1.54) is 11.3 Å². The van der Waals surface area contributed by atoms with Crippen LogP contribution in [0.15, 0.2) is 34.8 Å². The molecule has 1 atom stereocenters. The molecule has 1 heterocycles. The van der Waals surface area contributed by atoms with Crippen molar-refractivity contribution in [2.45, 2.75) is 13.0 Å². The van der Waals surface area contributed by atoms with Crippen LogP contribution in [0.1, 0.15) is 15.8 Å². The van der Waals surface area contributed by atoms with Crippen LogP contribution in [0.2, 0.25) is 0 Å². The number of anilines is 1. The van der Waals surface area contributed by atoms with Crippen molar-refractivity contribution in [3.05, 3.63) is 44.6 Å². The van der Waals surface area contributed by atoms with Crippen molar-refractivity contribution in [1.82, 2.24) is 0 Å². The fourth-order valence-corrected chi connectivity index (χ4v) is 3.34. The summed E-state index contributed by atoms with van der Waals surface area (Å²) in [5.41, 5.74) is 0.736. The van der Waals surface area contributed by atoms with Crippen molar-refractivity contribution in [1.29, 1.82) is 0 Å². The summed E-state index contributed by atoms with van der Waals surface area (Å²) in [6.45, 7) is 1.95.